The van der Waals surface area contributed by atoms with Gasteiger partial charge in [0.1, 0.15) is 5.75 Å². The number of hydrogen-bond acceptors (Lipinski definition) is 3. The maximum atomic E-state index is 11.8. The number of rotatable bonds is 3. The summed E-state index contributed by atoms with van der Waals surface area (Å²) in [5, 5.41) is 6.50. The molecule has 6 nitrogen and oxygen atoms in total. The Hall–Kier alpha value is -1.51. The molecule has 1 aromatic carbocycles. The second-order valence-electron chi connectivity index (χ2n) is 8.05. The molecule has 0 radical (unpaired) electrons. The highest BCUT2D eigenvalue weighted by molar-refractivity contribution is 14.0. The third kappa shape index (κ3) is 4.55. The van der Waals surface area contributed by atoms with E-state index in [2.05, 4.69) is 40.7 Å². The Labute approximate surface area is 184 Å². The van der Waals surface area contributed by atoms with Crippen molar-refractivity contribution in [2.24, 2.45) is 10.4 Å². The summed E-state index contributed by atoms with van der Waals surface area (Å²) in [5.41, 5.74) is 1.35. The molecule has 3 aliphatic rings. The van der Waals surface area contributed by atoms with E-state index in [0.717, 1.165) is 70.3 Å². The standard InChI is InChI=1S/C21H30N4O2.HI/c1-2-22-20(25-10-5-9-21(15-25)12-19(26)24-14-21)23-13-16-8-11-27-18-7-4-3-6-17(16)18;/h3-4,6-7,16H,2,5,8-15H2,1H3,(H,22,23)(H,24,26);1H. The summed E-state index contributed by atoms with van der Waals surface area (Å²) in [7, 11) is 0. The summed E-state index contributed by atoms with van der Waals surface area (Å²) in [6.45, 7) is 7.20. The predicted molar refractivity (Wildman–Crippen MR) is 122 cm³/mol. The lowest BCUT2D eigenvalue weighted by Crippen LogP contribution is -2.51. The number of nitrogens with one attached hydrogen (secondary N) is 2. The molecule has 1 spiro atoms. The Morgan fingerprint density at radius 2 is 2.29 bits per heavy atom. The van der Waals surface area contributed by atoms with E-state index in [1.54, 1.807) is 0 Å². The molecule has 0 aromatic heterocycles. The van der Waals surface area contributed by atoms with E-state index in [9.17, 15) is 4.79 Å². The Bertz CT molecular complexity index is 726. The molecule has 2 N–H and O–H groups in total. The van der Waals surface area contributed by atoms with Gasteiger partial charge in [0, 0.05) is 50.5 Å². The first-order chi connectivity index (χ1) is 13.2. The van der Waals surface area contributed by atoms with Gasteiger partial charge in [-0.25, -0.2) is 0 Å². The largest absolute Gasteiger partial charge is 0.493 e. The number of guanidine groups is 1. The van der Waals surface area contributed by atoms with Crippen LogP contribution in [-0.2, 0) is 4.79 Å². The van der Waals surface area contributed by atoms with Gasteiger partial charge in [0.15, 0.2) is 5.96 Å². The zero-order chi connectivity index (χ0) is 18.7. The third-order valence-electron chi connectivity index (χ3n) is 6.04. The highest BCUT2D eigenvalue weighted by Gasteiger charge is 2.42. The number of halogens is 1. The predicted octanol–water partition coefficient (Wildman–Crippen LogP) is 2.74. The molecule has 0 aliphatic carbocycles. The maximum absolute atomic E-state index is 11.8. The summed E-state index contributed by atoms with van der Waals surface area (Å²) in [4.78, 5) is 19.1. The minimum Gasteiger partial charge on any atom is -0.493 e. The van der Waals surface area contributed by atoms with Crippen LogP contribution in [0.1, 0.15) is 44.1 Å². The summed E-state index contributed by atoms with van der Waals surface area (Å²) in [6.07, 6.45) is 3.88. The number of carbonyl (C=O) groups is 1. The number of ether oxygens (including phenoxy) is 1. The van der Waals surface area contributed by atoms with E-state index < -0.39 is 0 Å². The number of aliphatic imine (C=N–C) groups is 1. The third-order valence-corrected chi connectivity index (χ3v) is 6.04. The average Bonchev–Trinajstić information content (AvgIpc) is 3.04. The van der Waals surface area contributed by atoms with Gasteiger partial charge < -0.3 is 20.3 Å². The SMILES string of the molecule is CCNC(=NCC1CCOc2ccccc21)N1CCCC2(CNC(=O)C2)C1.I. The van der Waals surface area contributed by atoms with Gasteiger partial charge in [-0.1, -0.05) is 18.2 Å². The number of para-hydroxylation sites is 1. The summed E-state index contributed by atoms with van der Waals surface area (Å²) in [6, 6.07) is 8.31. The average molecular weight is 498 g/mol. The Morgan fingerprint density at radius 3 is 3.07 bits per heavy atom. The second kappa shape index (κ2) is 9.33. The van der Waals surface area contributed by atoms with E-state index in [1.165, 1.54) is 5.56 Å². The number of benzene rings is 1. The van der Waals surface area contributed by atoms with Gasteiger partial charge in [0.25, 0.3) is 0 Å². The number of piperidine rings is 1. The highest BCUT2D eigenvalue weighted by atomic mass is 127. The Morgan fingerprint density at radius 1 is 1.43 bits per heavy atom. The summed E-state index contributed by atoms with van der Waals surface area (Å²) >= 11 is 0. The quantitative estimate of drug-likeness (QED) is 0.382. The van der Waals surface area contributed by atoms with Gasteiger partial charge >= 0.3 is 0 Å². The van der Waals surface area contributed by atoms with Crippen molar-refractivity contribution in [3.8, 4) is 5.75 Å². The van der Waals surface area contributed by atoms with Gasteiger partial charge in [-0.3, -0.25) is 9.79 Å². The summed E-state index contributed by atoms with van der Waals surface area (Å²) < 4.78 is 5.78. The van der Waals surface area contributed by atoms with Crippen LogP contribution in [0.25, 0.3) is 0 Å². The van der Waals surface area contributed by atoms with Crippen LogP contribution in [0.3, 0.4) is 0 Å². The lowest BCUT2D eigenvalue weighted by atomic mass is 9.79. The second-order valence-corrected chi connectivity index (χ2v) is 8.05. The first-order valence-corrected chi connectivity index (χ1v) is 10.2. The molecule has 3 heterocycles. The lowest BCUT2D eigenvalue weighted by molar-refractivity contribution is -0.119. The molecule has 2 unspecified atom stereocenters. The number of nitrogens with zero attached hydrogens (tertiary/aromatic N) is 2. The molecular formula is C21H31IN4O2. The van der Waals surface area contributed by atoms with Gasteiger partial charge in [-0.2, -0.15) is 0 Å². The van der Waals surface area contributed by atoms with Crippen LogP contribution >= 0.6 is 24.0 Å². The van der Waals surface area contributed by atoms with Crippen molar-refractivity contribution >= 4 is 35.8 Å². The molecule has 0 saturated carbocycles. The normalized spacial score (nSPS) is 26.9. The molecule has 2 saturated heterocycles. The molecule has 1 aromatic rings. The number of carbonyl (C=O) groups excluding carboxylic acids is 1. The fourth-order valence-corrected chi connectivity index (χ4v) is 4.66. The fraction of sp³-hybridized carbons (Fsp3) is 0.619. The molecule has 28 heavy (non-hydrogen) atoms. The topological polar surface area (TPSA) is 66.0 Å². The van der Waals surface area contributed by atoms with Gasteiger partial charge in [0.2, 0.25) is 5.91 Å². The molecule has 0 bridgehead atoms. The van der Waals surface area contributed by atoms with Crippen LogP contribution in [0.4, 0.5) is 0 Å². The van der Waals surface area contributed by atoms with E-state index in [1.807, 2.05) is 6.07 Å². The number of hydrogen-bond donors (Lipinski definition) is 2. The van der Waals surface area contributed by atoms with E-state index in [-0.39, 0.29) is 35.3 Å². The van der Waals surface area contributed by atoms with Crippen molar-refractivity contribution in [3.05, 3.63) is 29.8 Å². The molecule has 4 rings (SSSR count). The van der Waals surface area contributed by atoms with Gasteiger partial charge in [0.05, 0.1) is 6.61 Å². The smallest absolute Gasteiger partial charge is 0.220 e. The monoisotopic (exact) mass is 498 g/mol. The summed E-state index contributed by atoms with van der Waals surface area (Å²) in [5.74, 6) is 2.58. The van der Waals surface area contributed by atoms with Crippen LogP contribution in [-0.4, -0.2) is 56.1 Å². The first kappa shape index (κ1) is 21.2. The lowest BCUT2D eigenvalue weighted by Gasteiger charge is -2.41. The van der Waals surface area contributed by atoms with Gasteiger partial charge in [-0.15, -0.1) is 24.0 Å². The van der Waals surface area contributed by atoms with Crippen molar-refractivity contribution < 1.29 is 9.53 Å². The van der Waals surface area contributed by atoms with Crippen LogP contribution in [0.15, 0.2) is 29.3 Å². The molecule has 154 valence electrons. The number of fused-ring (bicyclic) bond motifs is 1. The van der Waals surface area contributed by atoms with Crippen LogP contribution in [0.5, 0.6) is 5.75 Å². The first-order valence-electron chi connectivity index (χ1n) is 10.2. The van der Waals surface area contributed by atoms with Gasteiger partial charge in [-0.05, 0) is 37.8 Å². The molecule has 3 aliphatic heterocycles. The van der Waals surface area contributed by atoms with Crippen molar-refractivity contribution in [2.75, 3.05) is 39.3 Å². The zero-order valence-corrected chi connectivity index (χ0v) is 18.9. The molecule has 7 heteroatoms. The Balaban J connectivity index is 0.00000225. The van der Waals surface area contributed by atoms with Crippen molar-refractivity contribution in [1.29, 1.82) is 0 Å². The highest BCUT2D eigenvalue weighted by Crippen LogP contribution is 2.36. The fourth-order valence-electron chi connectivity index (χ4n) is 4.66. The minimum absolute atomic E-state index is 0. The molecule has 2 fully saturated rings. The van der Waals surface area contributed by atoms with Crippen molar-refractivity contribution in [3.63, 3.8) is 0 Å². The molecule has 2 atom stereocenters. The van der Waals surface area contributed by atoms with E-state index in [0.29, 0.717) is 12.3 Å². The number of likely N-dealkylation sites (tertiary alicyclic amines) is 1. The number of amides is 1. The Kier molecular flexibility index (Phi) is 7.06. The molecular weight excluding hydrogens is 467 g/mol. The van der Waals surface area contributed by atoms with E-state index in [4.69, 9.17) is 9.73 Å². The van der Waals surface area contributed by atoms with Crippen LogP contribution < -0.4 is 15.4 Å². The van der Waals surface area contributed by atoms with E-state index >= 15 is 0 Å². The van der Waals surface area contributed by atoms with Crippen molar-refractivity contribution in [2.45, 2.75) is 38.5 Å². The zero-order valence-electron chi connectivity index (χ0n) is 16.6. The minimum atomic E-state index is 0. The van der Waals surface area contributed by atoms with Crippen molar-refractivity contribution in [1.82, 2.24) is 15.5 Å². The van der Waals surface area contributed by atoms with Crippen LogP contribution in [0.2, 0.25) is 0 Å². The molecule has 1 amide bonds. The maximum Gasteiger partial charge on any atom is 0.220 e. The van der Waals surface area contributed by atoms with Crippen LogP contribution in [0, 0.1) is 5.41 Å².